The number of phenols is 1. The number of benzene rings is 2. The number of rotatable bonds is 3. The van der Waals surface area contributed by atoms with Crippen LogP contribution in [0.4, 0.5) is 0 Å². The number of hydrogen-bond acceptors (Lipinski definition) is 3. The minimum absolute atomic E-state index is 0.0383. The van der Waals surface area contributed by atoms with E-state index in [9.17, 15) is 9.90 Å². The van der Waals surface area contributed by atoms with E-state index in [1.54, 1.807) is 29.2 Å². The van der Waals surface area contributed by atoms with Crippen LogP contribution in [0.15, 0.2) is 67.0 Å². The molecular formula is C21H21N3O2. The van der Waals surface area contributed by atoms with Crippen LogP contribution in [0, 0.1) is 0 Å². The first-order chi connectivity index (χ1) is 12.7. The second-order valence-electron chi connectivity index (χ2n) is 6.67. The predicted molar refractivity (Wildman–Crippen MR) is 99.5 cm³/mol. The van der Waals surface area contributed by atoms with Gasteiger partial charge in [0.2, 0.25) is 0 Å². The van der Waals surface area contributed by atoms with Crippen LogP contribution in [-0.2, 0) is 0 Å². The molecule has 1 saturated heterocycles. The molecule has 1 aromatic heterocycles. The molecule has 1 aliphatic rings. The zero-order chi connectivity index (χ0) is 17.9. The van der Waals surface area contributed by atoms with Crippen molar-refractivity contribution in [2.24, 2.45) is 0 Å². The summed E-state index contributed by atoms with van der Waals surface area (Å²) in [7, 11) is 0. The molecule has 1 amide bonds. The van der Waals surface area contributed by atoms with Crippen LogP contribution in [0.25, 0.3) is 5.69 Å². The Morgan fingerprint density at radius 3 is 2.38 bits per heavy atom. The summed E-state index contributed by atoms with van der Waals surface area (Å²) in [5, 5.41) is 13.7. The van der Waals surface area contributed by atoms with E-state index in [-0.39, 0.29) is 11.7 Å². The van der Waals surface area contributed by atoms with Gasteiger partial charge in [0.25, 0.3) is 5.91 Å². The Hall–Kier alpha value is -3.08. The third kappa shape index (κ3) is 3.33. The van der Waals surface area contributed by atoms with Crippen LogP contribution in [0.2, 0.25) is 0 Å². The fraction of sp³-hybridized carbons (Fsp3) is 0.238. The van der Waals surface area contributed by atoms with Gasteiger partial charge in [-0.25, -0.2) is 4.68 Å². The summed E-state index contributed by atoms with van der Waals surface area (Å²) in [4.78, 5) is 14.7. The Kier molecular flexibility index (Phi) is 4.44. The maximum Gasteiger partial charge on any atom is 0.257 e. The van der Waals surface area contributed by atoms with Crippen LogP contribution in [0.3, 0.4) is 0 Å². The molecule has 3 aromatic rings. The largest absolute Gasteiger partial charge is 0.508 e. The van der Waals surface area contributed by atoms with Gasteiger partial charge in [0.1, 0.15) is 5.75 Å². The van der Waals surface area contributed by atoms with E-state index in [1.165, 1.54) is 5.56 Å². The lowest BCUT2D eigenvalue weighted by molar-refractivity contribution is 0.0713. The Balaban J connectivity index is 1.41. The van der Waals surface area contributed by atoms with Gasteiger partial charge in [-0.15, -0.1) is 0 Å². The third-order valence-electron chi connectivity index (χ3n) is 5.00. The lowest BCUT2D eigenvalue weighted by Crippen LogP contribution is -2.37. The van der Waals surface area contributed by atoms with E-state index in [1.807, 2.05) is 47.4 Å². The van der Waals surface area contributed by atoms with E-state index in [0.717, 1.165) is 31.6 Å². The molecule has 2 heterocycles. The molecule has 0 bridgehead atoms. The van der Waals surface area contributed by atoms with Crippen LogP contribution in [0.5, 0.6) is 5.75 Å². The average Bonchev–Trinajstić information content (AvgIpc) is 3.19. The highest BCUT2D eigenvalue weighted by Gasteiger charge is 2.25. The SMILES string of the molecule is O=C(c1cnn(-c2ccccc2)c1)N1CCC(c2ccc(O)cc2)CC1. The molecule has 2 aromatic carbocycles. The lowest BCUT2D eigenvalue weighted by Gasteiger charge is -2.32. The first-order valence-corrected chi connectivity index (χ1v) is 8.89. The number of likely N-dealkylation sites (tertiary alicyclic amines) is 1. The van der Waals surface area contributed by atoms with Gasteiger partial charge in [0.15, 0.2) is 0 Å². The molecule has 1 aliphatic heterocycles. The van der Waals surface area contributed by atoms with Crippen LogP contribution < -0.4 is 0 Å². The number of phenolic OH excluding ortho intramolecular Hbond substituents is 1. The maximum atomic E-state index is 12.8. The van der Waals surface area contributed by atoms with Crippen molar-refractivity contribution >= 4 is 5.91 Å². The molecular weight excluding hydrogens is 326 g/mol. The van der Waals surface area contributed by atoms with Crippen LogP contribution >= 0.6 is 0 Å². The summed E-state index contributed by atoms with van der Waals surface area (Å²) in [6.45, 7) is 1.47. The minimum atomic E-state index is 0.0383. The fourth-order valence-electron chi connectivity index (χ4n) is 3.50. The number of piperidine rings is 1. The number of carbonyl (C=O) groups excluding carboxylic acids is 1. The standard InChI is InChI=1S/C21H21N3O2/c25-20-8-6-16(7-9-20)17-10-12-23(13-11-17)21(26)18-14-22-24(15-18)19-4-2-1-3-5-19/h1-9,14-15,17,25H,10-13H2. The van der Waals surface area contributed by atoms with Crippen LogP contribution in [-0.4, -0.2) is 38.8 Å². The second-order valence-corrected chi connectivity index (χ2v) is 6.67. The van der Waals surface area contributed by atoms with E-state index in [4.69, 9.17) is 0 Å². The van der Waals surface area contributed by atoms with Gasteiger partial charge in [-0.2, -0.15) is 5.10 Å². The number of nitrogens with zero attached hydrogens (tertiary/aromatic N) is 3. The molecule has 0 unspecified atom stereocenters. The van der Waals surface area contributed by atoms with Crippen LogP contribution in [0.1, 0.15) is 34.7 Å². The van der Waals surface area contributed by atoms with E-state index in [2.05, 4.69) is 5.10 Å². The van der Waals surface area contributed by atoms with Gasteiger partial charge in [-0.05, 0) is 48.6 Å². The predicted octanol–water partition coefficient (Wildman–Crippen LogP) is 3.60. The minimum Gasteiger partial charge on any atom is -0.508 e. The summed E-state index contributed by atoms with van der Waals surface area (Å²) >= 11 is 0. The van der Waals surface area contributed by atoms with E-state index < -0.39 is 0 Å². The summed E-state index contributed by atoms with van der Waals surface area (Å²) in [5.74, 6) is 0.764. The zero-order valence-corrected chi connectivity index (χ0v) is 14.5. The van der Waals surface area contributed by atoms with Crippen molar-refractivity contribution in [1.29, 1.82) is 0 Å². The molecule has 0 spiro atoms. The number of carbonyl (C=O) groups is 1. The molecule has 5 nitrogen and oxygen atoms in total. The van der Waals surface area contributed by atoms with E-state index in [0.29, 0.717) is 11.5 Å². The van der Waals surface area contributed by atoms with Crippen molar-refractivity contribution < 1.29 is 9.90 Å². The number of aromatic hydroxyl groups is 1. The molecule has 26 heavy (non-hydrogen) atoms. The highest BCUT2D eigenvalue weighted by molar-refractivity contribution is 5.93. The van der Waals surface area contributed by atoms with Crippen molar-refractivity contribution in [2.45, 2.75) is 18.8 Å². The monoisotopic (exact) mass is 347 g/mol. The normalized spacial score (nSPS) is 15.2. The molecule has 0 radical (unpaired) electrons. The fourth-order valence-corrected chi connectivity index (χ4v) is 3.50. The Bertz CT molecular complexity index is 879. The van der Waals surface area contributed by atoms with Crippen molar-refractivity contribution in [2.75, 3.05) is 13.1 Å². The Labute approximate surface area is 152 Å². The topological polar surface area (TPSA) is 58.4 Å². The molecule has 5 heteroatoms. The van der Waals surface area contributed by atoms with Crippen molar-refractivity contribution in [3.05, 3.63) is 78.1 Å². The number of para-hydroxylation sites is 1. The van der Waals surface area contributed by atoms with E-state index >= 15 is 0 Å². The first-order valence-electron chi connectivity index (χ1n) is 8.89. The van der Waals surface area contributed by atoms with Gasteiger partial charge >= 0.3 is 0 Å². The van der Waals surface area contributed by atoms with Gasteiger partial charge in [-0.3, -0.25) is 4.79 Å². The number of amides is 1. The summed E-state index contributed by atoms with van der Waals surface area (Å²) in [5.41, 5.74) is 2.79. The number of hydrogen-bond donors (Lipinski definition) is 1. The molecule has 1 N–H and O–H groups in total. The Morgan fingerprint density at radius 2 is 1.69 bits per heavy atom. The van der Waals surface area contributed by atoms with Gasteiger partial charge in [-0.1, -0.05) is 30.3 Å². The quantitative estimate of drug-likeness (QED) is 0.787. The molecule has 4 rings (SSSR count). The smallest absolute Gasteiger partial charge is 0.257 e. The van der Waals surface area contributed by atoms with Crippen molar-refractivity contribution in [3.63, 3.8) is 0 Å². The molecule has 132 valence electrons. The summed E-state index contributed by atoms with van der Waals surface area (Å²) in [6.07, 6.45) is 5.30. The summed E-state index contributed by atoms with van der Waals surface area (Å²) in [6, 6.07) is 17.2. The third-order valence-corrected chi connectivity index (χ3v) is 5.00. The zero-order valence-electron chi connectivity index (χ0n) is 14.5. The molecule has 1 fully saturated rings. The van der Waals surface area contributed by atoms with Gasteiger partial charge in [0, 0.05) is 19.3 Å². The van der Waals surface area contributed by atoms with Crippen molar-refractivity contribution in [1.82, 2.24) is 14.7 Å². The van der Waals surface area contributed by atoms with Gasteiger partial charge in [0.05, 0.1) is 17.4 Å². The molecule has 0 saturated carbocycles. The first kappa shape index (κ1) is 16.4. The maximum absolute atomic E-state index is 12.8. The highest BCUT2D eigenvalue weighted by Crippen LogP contribution is 2.29. The second kappa shape index (κ2) is 7.04. The molecule has 0 atom stereocenters. The average molecular weight is 347 g/mol. The highest BCUT2D eigenvalue weighted by atomic mass is 16.3. The number of aromatic nitrogens is 2. The lowest BCUT2D eigenvalue weighted by atomic mass is 9.89. The molecule has 0 aliphatic carbocycles. The van der Waals surface area contributed by atoms with Crippen molar-refractivity contribution in [3.8, 4) is 11.4 Å². The summed E-state index contributed by atoms with van der Waals surface area (Å²) < 4.78 is 1.73. The Morgan fingerprint density at radius 1 is 1.00 bits per heavy atom. The van der Waals surface area contributed by atoms with Gasteiger partial charge < -0.3 is 10.0 Å².